The first-order valence-electron chi connectivity index (χ1n) is 7.44. The molecule has 1 aliphatic carbocycles. The molecule has 1 unspecified atom stereocenters. The Morgan fingerprint density at radius 3 is 2.22 bits per heavy atom. The summed E-state index contributed by atoms with van der Waals surface area (Å²) in [6, 6.07) is 0. The molecule has 1 atom stereocenters. The van der Waals surface area contributed by atoms with Crippen molar-refractivity contribution >= 4 is 5.71 Å². The van der Waals surface area contributed by atoms with Gasteiger partial charge in [0, 0.05) is 24.3 Å². The summed E-state index contributed by atoms with van der Waals surface area (Å²) in [5.41, 5.74) is 0.104. The minimum atomic E-state index is -0.792. The molecule has 0 bridgehead atoms. The van der Waals surface area contributed by atoms with Crippen LogP contribution < -0.4 is 0 Å². The second kappa shape index (κ2) is 6.30. The van der Waals surface area contributed by atoms with E-state index in [2.05, 4.69) is 4.99 Å². The molecule has 2 rings (SSSR count). The first-order chi connectivity index (χ1) is 8.76. The molecule has 18 heavy (non-hydrogen) atoms. The maximum atomic E-state index is 11.5. The Labute approximate surface area is 109 Å². The Balaban J connectivity index is 2.06. The standard InChI is InChI=1S/C14H24N2O2/c17-16(18)14-10-8-6-4-2-1-3-5-7-9-13(14)15-12-11-14/h1-12H2. The van der Waals surface area contributed by atoms with Gasteiger partial charge in [-0.25, -0.2) is 0 Å². The van der Waals surface area contributed by atoms with Crippen molar-refractivity contribution in [2.24, 2.45) is 4.99 Å². The zero-order valence-electron chi connectivity index (χ0n) is 11.2. The van der Waals surface area contributed by atoms with Crippen LogP contribution in [0.15, 0.2) is 4.99 Å². The molecule has 0 aromatic heterocycles. The van der Waals surface area contributed by atoms with Gasteiger partial charge in [0.2, 0.25) is 0 Å². The summed E-state index contributed by atoms with van der Waals surface area (Å²) in [7, 11) is 0. The van der Waals surface area contributed by atoms with Crippen LogP contribution in [0.3, 0.4) is 0 Å². The molecule has 2 aliphatic rings. The van der Waals surface area contributed by atoms with Crippen LogP contribution in [-0.4, -0.2) is 22.7 Å². The molecule has 102 valence electrons. The minimum Gasteiger partial charge on any atom is -0.286 e. The van der Waals surface area contributed by atoms with Gasteiger partial charge in [0.15, 0.2) is 0 Å². The highest BCUT2D eigenvalue weighted by molar-refractivity contribution is 5.93. The first-order valence-corrected chi connectivity index (χ1v) is 7.44. The fourth-order valence-electron chi connectivity index (χ4n) is 3.31. The van der Waals surface area contributed by atoms with Crippen LogP contribution in [0.5, 0.6) is 0 Å². The maximum absolute atomic E-state index is 11.5. The highest BCUT2D eigenvalue weighted by Gasteiger charge is 2.49. The summed E-state index contributed by atoms with van der Waals surface area (Å²) >= 11 is 0. The molecule has 1 fully saturated rings. The Kier molecular flexibility index (Phi) is 4.72. The zero-order valence-corrected chi connectivity index (χ0v) is 11.2. The predicted molar refractivity (Wildman–Crippen MR) is 72.8 cm³/mol. The fourth-order valence-corrected chi connectivity index (χ4v) is 3.31. The lowest BCUT2D eigenvalue weighted by Crippen LogP contribution is -2.44. The van der Waals surface area contributed by atoms with Crippen LogP contribution in [0.25, 0.3) is 0 Å². The van der Waals surface area contributed by atoms with Crippen molar-refractivity contribution in [3.63, 3.8) is 0 Å². The van der Waals surface area contributed by atoms with E-state index in [-0.39, 0.29) is 4.92 Å². The number of hydrogen-bond acceptors (Lipinski definition) is 3. The van der Waals surface area contributed by atoms with Crippen molar-refractivity contribution in [2.45, 2.75) is 76.2 Å². The van der Waals surface area contributed by atoms with Gasteiger partial charge < -0.3 is 0 Å². The van der Waals surface area contributed by atoms with Crippen molar-refractivity contribution in [3.05, 3.63) is 10.1 Å². The van der Waals surface area contributed by atoms with Crippen molar-refractivity contribution in [1.82, 2.24) is 0 Å². The smallest absolute Gasteiger partial charge is 0.261 e. The van der Waals surface area contributed by atoms with Gasteiger partial charge in [-0.2, -0.15) is 0 Å². The molecule has 1 saturated carbocycles. The number of hydrogen-bond donors (Lipinski definition) is 0. The average molecular weight is 252 g/mol. The Hall–Kier alpha value is -0.930. The van der Waals surface area contributed by atoms with Crippen LogP contribution >= 0.6 is 0 Å². The van der Waals surface area contributed by atoms with E-state index in [1.807, 2.05) is 0 Å². The van der Waals surface area contributed by atoms with E-state index in [0.717, 1.165) is 31.4 Å². The number of nitro groups is 1. The quantitative estimate of drug-likeness (QED) is 0.527. The molecule has 1 aliphatic heterocycles. The van der Waals surface area contributed by atoms with Crippen molar-refractivity contribution < 1.29 is 4.92 Å². The van der Waals surface area contributed by atoms with Crippen LogP contribution in [-0.2, 0) is 0 Å². The summed E-state index contributed by atoms with van der Waals surface area (Å²) < 4.78 is 0. The van der Waals surface area contributed by atoms with Crippen LogP contribution in [0.2, 0.25) is 0 Å². The lowest BCUT2D eigenvalue weighted by molar-refractivity contribution is -0.548. The molecular weight excluding hydrogens is 228 g/mol. The van der Waals surface area contributed by atoms with Crippen LogP contribution in [0, 0.1) is 10.1 Å². The van der Waals surface area contributed by atoms with E-state index in [0.29, 0.717) is 19.4 Å². The molecule has 0 spiro atoms. The molecule has 0 saturated heterocycles. The Morgan fingerprint density at radius 1 is 0.944 bits per heavy atom. The topological polar surface area (TPSA) is 55.5 Å². The van der Waals surface area contributed by atoms with Gasteiger partial charge in [-0.3, -0.25) is 15.1 Å². The Bertz CT molecular complexity index is 328. The SMILES string of the molecule is O=[N+]([O-])C12CCCCCCCCCCC1=NCC2. The summed E-state index contributed by atoms with van der Waals surface area (Å²) in [5.74, 6) is 0. The number of fused-ring (bicyclic) bond motifs is 1. The third-order valence-corrected chi connectivity index (χ3v) is 4.47. The summed E-state index contributed by atoms with van der Waals surface area (Å²) in [5, 5.41) is 11.5. The average Bonchev–Trinajstić information content (AvgIpc) is 2.73. The molecule has 0 N–H and O–H groups in total. The van der Waals surface area contributed by atoms with Gasteiger partial charge in [0.05, 0.1) is 5.71 Å². The predicted octanol–water partition coefficient (Wildman–Crippen LogP) is 3.76. The highest BCUT2D eigenvalue weighted by atomic mass is 16.6. The fraction of sp³-hybridized carbons (Fsp3) is 0.929. The molecule has 4 heteroatoms. The summed E-state index contributed by atoms with van der Waals surface area (Å²) in [6.07, 6.45) is 11.7. The monoisotopic (exact) mass is 252 g/mol. The van der Waals surface area contributed by atoms with E-state index in [1.165, 1.54) is 32.1 Å². The number of nitrogens with zero attached hydrogens (tertiary/aromatic N) is 2. The van der Waals surface area contributed by atoms with E-state index in [1.54, 1.807) is 0 Å². The maximum Gasteiger partial charge on any atom is 0.261 e. The van der Waals surface area contributed by atoms with Gasteiger partial charge in [-0.15, -0.1) is 0 Å². The second-order valence-corrected chi connectivity index (χ2v) is 5.70. The molecule has 0 radical (unpaired) electrons. The normalized spacial score (nSPS) is 30.8. The zero-order chi connectivity index (χ0) is 12.8. The number of aliphatic imine (C=N–C) groups is 1. The van der Waals surface area contributed by atoms with Gasteiger partial charge in [0.25, 0.3) is 5.54 Å². The summed E-state index contributed by atoms with van der Waals surface area (Å²) in [4.78, 5) is 15.9. The van der Waals surface area contributed by atoms with Crippen molar-refractivity contribution in [3.8, 4) is 0 Å². The molecule has 0 amide bonds. The molecular formula is C14H24N2O2. The van der Waals surface area contributed by atoms with Gasteiger partial charge in [-0.1, -0.05) is 38.5 Å². The van der Waals surface area contributed by atoms with Gasteiger partial charge in [-0.05, 0) is 19.3 Å². The molecule has 0 aromatic carbocycles. The first kappa shape index (κ1) is 13.5. The van der Waals surface area contributed by atoms with E-state index < -0.39 is 5.54 Å². The molecule has 4 nitrogen and oxygen atoms in total. The lowest BCUT2D eigenvalue weighted by Gasteiger charge is -2.22. The number of rotatable bonds is 1. The molecule has 1 heterocycles. The largest absolute Gasteiger partial charge is 0.286 e. The van der Waals surface area contributed by atoms with Gasteiger partial charge in [0.1, 0.15) is 0 Å². The third kappa shape index (κ3) is 2.90. The van der Waals surface area contributed by atoms with E-state index in [4.69, 9.17) is 0 Å². The minimum absolute atomic E-state index is 0.0371. The van der Waals surface area contributed by atoms with Crippen LogP contribution in [0.4, 0.5) is 0 Å². The van der Waals surface area contributed by atoms with Gasteiger partial charge >= 0.3 is 0 Å². The Morgan fingerprint density at radius 2 is 1.56 bits per heavy atom. The van der Waals surface area contributed by atoms with Crippen molar-refractivity contribution in [1.29, 1.82) is 0 Å². The van der Waals surface area contributed by atoms with Crippen LogP contribution in [0.1, 0.15) is 70.6 Å². The highest BCUT2D eigenvalue weighted by Crippen LogP contribution is 2.32. The second-order valence-electron chi connectivity index (χ2n) is 5.70. The lowest BCUT2D eigenvalue weighted by atomic mass is 9.84. The molecule has 0 aromatic rings. The summed E-state index contributed by atoms with van der Waals surface area (Å²) in [6.45, 7) is 0.663. The third-order valence-electron chi connectivity index (χ3n) is 4.47. The van der Waals surface area contributed by atoms with E-state index >= 15 is 0 Å². The van der Waals surface area contributed by atoms with Crippen molar-refractivity contribution in [2.75, 3.05) is 6.54 Å². The van der Waals surface area contributed by atoms with E-state index in [9.17, 15) is 10.1 Å².